The molecule has 4 rings (SSSR count). The predicted octanol–water partition coefficient (Wildman–Crippen LogP) is 4.38. The summed E-state index contributed by atoms with van der Waals surface area (Å²) in [6, 6.07) is 11.3. The fraction of sp³-hybridized carbons (Fsp3) is 0.560. The Morgan fingerprint density at radius 2 is 1.83 bits per heavy atom. The van der Waals surface area contributed by atoms with Crippen molar-refractivity contribution < 1.29 is 5.11 Å². The maximum absolute atomic E-state index is 12.3. The van der Waals surface area contributed by atoms with Crippen molar-refractivity contribution in [1.29, 1.82) is 0 Å². The maximum Gasteiger partial charge on any atom is 0.124 e. The highest BCUT2D eigenvalue weighted by Gasteiger charge is 2.55. The van der Waals surface area contributed by atoms with Crippen molar-refractivity contribution in [3.05, 3.63) is 59.4 Å². The third-order valence-electron chi connectivity index (χ3n) is 7.13. The molecule has 0 aliphatic carbocycles. The maximum atomic E-state index is 12.3. The summed E-state index contributed by atoms with van der Waals surface area (Å²) in [6.45, 7) is 11.7. The number of aromatic nitrogens is 1. The Hall–Kier alpha value is -1.91. The van der Waals surface area contributed by atoms with Crippen LogP contribution in [0.15, 0.2) is 42.7 Å². The highest BCUT2D eigenvalue weighted by Crippen LogP contribution is 2.50. The fourth-order valence-electron chi connectivity index (χ4n) is 5.45. The molecule has 4 heteroatoms. The molecular weight excluding hydrogens is 358 g/mol. The zero-order chi connectivity index (χ0) is 20.8. The SMILES string of the molecule is CC(C)c1ccc(C(O)(c2cncc(N3CCC[C@@H]3C)c2)C2(C)CN(C)C2)cc1. The smallest absolute Gasteiger partial charge is 0.124 e. The van der Waals surface area contributed by atoms with Crippen molar-refractivity contribution in [3.8, 4) is 0 Å². The third kappa shape index (κ3) is 3.36. The molecule has 4 nitrogen and oxygen atoms in total. The number of benzene rings is 1. The van der Waals surface area contributed by atoms with Gasteiger partial charge >= 0.3 is 0 Å². The second kappa shape index (κ2) is 7.41. The minimum atomic E-state index is -1.07. The van der Waals surface area contributed by atoms with Crippen LogP contribution in [-0.2, 0) is 5.60 Å². The number of nitrogens with zero attached hydrogens (tertiary/aromatic N) is 3. The van der Waals surface area contributed by atoms with E-state index in [-0.39, 0.29) is 5.41 Å². The van der Waals surface area contributed by atoms with Crippen LogP contribution < -0.4 is 4.90 Å². The van der Waals surface area contributed by atoms with E-state index < -0.39 is 5.60 Å². The van der Waals surface area contributed by atoms with E-state index in [1.54, 1.807) is 0 Å². The lowest BCUT2D eigenvalue weighted by Gasteiger charge is -2.56. The molecule has 0 saturated carbocycles. The average Bonchev–Trinajstić information content (AvgIpc) is 3.12. The molecule has 0 spiro atoms. The standard InChI is InChI=1S/C25H35N3O/c1-18(2)20-8-10-21(11-9-20)25(29,24(4)16-27(5)17-24)22-13-23(15-26-14-22)28-12-6-7-19(28)3/h8-11,13-15,18-19,29H,6-7,12,16-17H2,1-5H3/t19-,25?/m0/s1. The first-order valence-electron chi connectivity index (χ1n) is 11.0. The summed E-state index contributed by atoms with van der Waals surface area (Å²) in [5.74, 6) is 0.476. The molecule has 2 aromatic rings. The van der Waals surface area contributed by atoms with E-state index in [1.807, 2.05) is 12.4 Å². The van der Waals surface area contributed by atoms with Gasteiger partial charge < -0.3 is 14.9 Å². The van der Waals surface area contributed by atoms with E-state index in [4.69, 9.17) is 0 Å². The average molecular weight is 394 g/mol. The number of hydrogen-bond donors (Lipinski definition) is 1. The first kappa shape index (κ1) is 20.4. The fourth-order valence-corrected chi connectivity index (χ4v) is 5.45. The Balaban J connectivity index is 1.79. The van der Waals surface area contributed by atoms with Crippen molar-refractivity contribution >= 4 is 5.69 Å². The molecule has 1 aromatic carbocycles. The highest BCUT2D eigenvalue weighted by atomic mass is 16.3. The van der Waals surface area contributed by atoms with Crippen LogP contribution in [0.1, 0.15) is 63.1 Å². The van der Waals surface area contributed by atoms with Gasteiger partial charge in [0.25, 0.3) is 0 Å². The van der Waals surface area contributed by atoms with Crippen LogP contribution in [0.3, 0.4) is 0 Å². The second-order valence-electron chi connectivity index (χ2n) is 9.84. The molecule has 2 aliphatic heterocycles. The molecule has 29 heavy (non-hydrogen) atoms. The summed E-state index contributed by atoms with van der Waals surface area (Å²) in [5.41, 5.74) is 2.97. The topological polar surface area (TPSA) is 39.6 Å². The lowest BCUT2D eigenvalue weighted by Crippen LogP contribution is -2.63. The number of pyridine rings is 1. The Kier molecular flexibility index (Phi) is 5.20. The van der Waals surface area contributed by atoms with Gasteiger partial charge in [-0.1, -0.05) is 45.0 Å². The molecule has 3 heterocycles. The summed E-state index contributed by atoms with van der Waals surface area (Å²) < 4.78 is 0. The van der Waals surface area contributed by atoms with E-state index in [0.29, 0.717) is 12.0 Å². The third-order valence-corrected chi connectivity index (χ3v) is 7.13. The van der Waals surface area contributed by atoms with E-state index in [9.17, 15) is 5.11 Å². The lowest BCUT2D eigenvalue weighted by molar-refractivity contribution is -0.127. The van der Waals surface area contributed by atoms with Crippen LogP contribution in [0.25, 0.3) is 0 Å². The molecule has 1 aromatic heterocycles. The zero-order valence-electron chi connectivity index (χ0n) is 18.5. The molecule has 1 unspecified atom stereocenters. The highest BCUT2D eigenvalue weighted by molar-refractivity contribution is 5.52. The van der Waals surface area contributed by atoms with E-state index >= 15 is 0 Å². The van der Waals surface area contributed by atoms with Gasteiger partial charge in [0.05, 0.1) is 11.9 Å². The van der Waals surface area contributed by atoms with Gasteiger partial charge in [-0.15, -0.1) is 0 Å². The van der Waals surface area contributed by atoms with Crippen molar-refractivity contribution in [1.82, 2.24) is 9.88 Å². The van der Waals surface area contributed by atoms with Crippen LogP contribution in [0.4, 0.5) is 5.69 Å². The monoisotopic (exact) mass is 393 g/mol. The van der Waals surface area contributed by atoms with Crippen LogP contribution in [0, 0.1) is 5.41 Å². The van der Waals surface area contributed by atoms with Gasteiger partial charge in [-0.05, 0) is 49.9 Å². The minimum Gasteiger partial charge on any atom is -0.380 e. The first-order valence-corrected chi connectivity index (χ1v) is 11.0. The number of hydrogen-bond acceptors (Lipinski definition) is 4. The van der Waals surface area contributed by atoms with Crippen LogP contribution in [-0.4, -0.2) is 47.7 Å². The van der Waals surface area contributed by atoms with Gasteiger partial charge in [-0.3, -0.25) is 4.98 Å². The van der Waals surface area contributed by atoms with Gasteiger partial charge in [-0.25, -0.2) is 0 Å². The zero-order valence-corrected chi connectivity index (χ0v) is 18.5. The molecule has 0 radical (unpaired) electrons. The lowest BCUT2D eigenvalue weighted by atomic mass is 9.62. The van der Waals surface area contributed by atoms with Crippen LogP contribution in [0.2, 0.25) is 0 Å². The second-order valence-corrected chi connectivity index (χ2v) is 9.84. The number of likely N-dealkylation sites (tertiary alicyclic amines) is 1. The van der Waals surface area contributed by atoms with Gasteiger partial charge in [0.1, 0.15) is 5.60 Å². The Morgan fingerprint density at radius 1 is 1.14 bits per heavy atom. The predicted molar refractivity (Wildman–Crippen MR) is 119 cm³/mol. The van der Waals surface area contributed by atoms with E-state index in [1.165, 1.54) is 18.4 Å². The number of anilines is 1. The summed E-state index contributed by atoms with van der Waals surface area (Å²) in [6.07, 6.45) is 6.25. The Bertz CT molecular complexity index is 857. The molecule has 2 saturated heterocycles. The van der Waals surface area contributed by atoms with Gasteiger partial charge in [0.15, 0.2) is 0 Å². The van der Waals surface area contributed by atoms with Gasteiger partial charge in [-0.2, -0.15) is 0 Å². The number of rotatable bonds is 5. The molecule has 2 atom stereocenters. The summed E-state index contributed by atoms with van der Waals surface area (Å²) in [7, 11) is 2.12. The van der Waals surface area contributed by atoms with Crippen molar-refractivity contribution in [2.75, 3.05) is 31.6 Å². The quantitative estimate of drug-likeness (QED) is 0.818. The van der Waals surface area contributed by atoms with Gasteiger partial charge in [0, 0.05) is 42.9 Å². The van der Waals surface area contributed by atoms with Crippen LogP contribution in [0.5, 0.6) is 0 Å². The van der Waals surface area contributed by atoms with E-state index in [2.05, 4.69) is 79.9 Å². The molecule has 0 amide bonds. The summed E-state index contributed by atoms with van der Waals surface area (Å²) in [4.78, 5) is 9.27. The van der Waals surface area contributed by atoms with Crippen LogP contribution >= 0.6 is 0 Å². The van der Waals surface area contributed by atoms with Crippen molar-refractivity contribution in [2.45, 2.75) is 58.1 Å². The van der Waals surface area contributed by atoms with Crippen molar-refractivity contribution in [3.63, 3.8) is 0 Å². The molecule has 2 aliphatic rings. The molecule has 1 N–H and O–H groups in total. The normalized spacial score (nSPS) is 23.8. The summed E-state index contributed by atoms with van der Waals surface area (Å²) in [5, 5.41) is 12.3. The Labute approximate surface area is 175 Å². The van der Waals surface area contributed by atoms with Crippen molar-refractivity contribution in [2.24, 2.45) is 5.41 Å². The molecule has 0 bridgehead atoms. The van der Waals surface area contributed by atoms with Gasteiger partial charge in [0.2, 0.25) is 0 Å². The first-order chi connectivity index (χ1) is 13.7. The largest absolute Gasteiger partial charge is 0.380 e. The molecule has 2 fully saturated rings. The summed E-state index contributed by atoms with van der Waals surface area (Å²) >= 11 is 0. The van der Waals surface area contributed by atoms with E-state index in [0.717, 1.165) is 36.4 Å². The molecule has 156 valence electrons. The minimum absolute atomic E-state index is 0.252. The molecular formula is C25H35N3O. The Morgan fingerprint density at radius 3 is 2.38 bits per heavy atom. The number of aliphatic hydroxyl groups is 1.